The Hall–Kier alpha value is -1.35. The highest BCUT2D eigenvalue weighted by Gasteiger charge is 2.42. The van der Waals surface area contributed by atoms with Gasteiger partial charge in [-0.1, -0.05) is 17.7 Å². The van der Waals surface area contributed by atoms with Crippen LogP contribution in [-0.4, -0.2) is 32.9 Å². The molecule has 0 saturated carbocycles. The van der Waals surface area contributed by atoms with Crippen molar-refractivity contribution < 1.29 is 17.9 Å². The maximum absolute atomic E-state index is 12.5. The fourth-order valence-corrected chi connectivity index (χ4v) is 3.75. The first-order chi connectivity index (χ1) is 10.3. The zero-order valence-electron chi connectivity index (χ0n) is 12.2. The van der Waals surface area contributed by atoms with Crippen molar-refractivity contribution in [3.63, 3.8) is 0 Å². The number of aryl methyl sites for hydroxylation is 1. The Morgan fingerprint density at radius 1 is 1.50 bits per heavy atom. The van der Waals surface area contributed by atoms with Crippen LogP contribution >= 0.6 is 11.6 Å². The highest BCUT2D eigenvalue weighted by molar-refractivity contribution is 7.93. The van der Waals surface area contributed by atoms with E-state index in [-0.39, 0.29) is 13.2 Å². The molecular formula is C13H18ClN3O4S. The molecule has 1 aromatic rings. The number of hydrogen-bond donors (Lipinski definition) is 3. The van der Waals surface area contributed by atoms with Crippen molar-refractivity contribution in [1.82, 2.24) is 10.9 Å². The molecule has 3 N–H and O–H groups in total. The van der Waals surface area contributed by atoms with E-state index in [1.807, 2.05) is 6.92 Å². The van der Waals surface area contributed by atoms with Gasteiger partial charge in [-0.05, 0) is 31.5 Å². The lowest BCUT2D eigenvalue weighted by Crippen LogP contribution is -2.44. The van der Waals surface area contributed by atoms with E-state index in [0.29, 0.717) is 10.7 Å². The van der Waals surface area contributed by atoms with Crippen LogP contribution in [0.25, 0.3) is 0 Å². The Morgan fingerprint density at radius 2 is 2.23 bits per heavy atom. The molecule has 122 valence electrons. The third-order valence-corrected chi connectivity index (χ3v) is 5.33. The minimum Gasteiger partial charge on any atom is -0.466 e. The first-order valence-corrected chi connectivity index (χ1v) is 8.70. The Balaban J connectivity index is 2.18. The average molecular weight is 348 g/mol. The van der Waals surface area contributed by atoms with Gasteiger partial charge in [-0.25, -0.2) is 13.8 Å². The van der Waals surface area contributed by atoms with Crippen molar-refractivity contribution in [2.45, 2.75) is 19.2 Å². The summed E-state index contributed by atoms with van der Waals surface area (Å²) in [7, 11) is -3.84. The molecule has 0 spiro atoms. The number of esters is 1. The van der Waals surface area contributed by atoms with Crippen molar-refractivity contribution in [2.24, 2.45) is 5.92 Å². The van der Waals surface area contributed by atoms with Crippen LogP contribution in [0.15, 0.2) is 18.2 Å². The quantitative estimate of drug-likeness (QED) is 0.688. The SMILES string of the molecule is CCOC(=O)C1CNNC1S(=O)(=O)Nc1ccc(C)c(Cl)c1. The van der Waals surface area contributed by atoms with Crippen LogP contribution in [0.4, 0.5) is 5.69 Å². The molecule has 1 heterocycles. The molecule has 1 fully saturated rings. The van der Waals surface area contributed by atoms with Gasteiger partial charge in [0.2, 0.25) is 0 Å². The Bertz CT molecular complexity index is 665. The molecule has 0 aromatic heterocycles. The first kappa shape index (κ1) is 17.0. The highest BCUT2D eigenvalue weighted by Crippen LogP contribution is 2.23. The molecular weight excluding hydrogens is 330 g/mol. The van der Waals surface area contributed by atoms with Gasteiger partial charge < -0.3 is 4.74 Å². The first-order valence-electron chi connectivity index (χ1n) is 6.78. The number of hydrazine groups is 1. The standard InChI is InChI=1S/C13H18ClN3O4S/c1-3-21-13(18)10-7-15-16-12(10)22(19,20)17-9-5-4-8(2)11(14)6-9/h4-6,10,12,15-17H,3,7H2,1-2H3. The molecule has 0 bridgehead atoms. The molecule has 7 nitrogen and oxygen atoms in total. The van der Waals surface area contributed by atoms with Crippen molar-refractivity contribution in [2.75, 3.05) is 17.9 Å². The van der Waals surface area contributed by atoms with E-state index in [9.17, 15) is 13.2 Å². The predicted molar refractivity (Wildman–Crippen MR) is 83.8 cm³/mol. The maximum atomic E-state index is 12.5. The lowest BCUT2D eigenvalue weighted by Gasteiger charge is -2.19. The van der Waals surface area contributed by atoms with Crippen LogP contribution in [-0.2, 0) is 19.6 Å². The second kappa shape index (κ2) is 6.82. The molecule has 2 atom stereocenters. The monoisotopic (exact) mass is 347 g/mol. The number of carbonyl (C=O) groups is 1. The van der Waals surface area contributed by atoms with Gasteiger partial charge in [-0.15, -0.1) is 0 Å². The van der Waals surface area contributed by atoms with E-state index < -0.39 is 27.3 Å². The van der Waals surface area contributed by atoms with Crippen LogP contribution in [0.1, 0.15) is 12.5 Å². The molecule has 1 aromatic carbocycles. The molecule has 1 saturated heterocycles. The summed E-state index contributed by atoms with van der Waals surface area (Å²) < 4.78 is 32.2. The lowest BCUT2D eigenvalue weighted by atomic mass is 10.2. The third kappa shape index (κ3) is 3.70. The van der Waals surface area contributed by atoms with Crippen LogP contribution in [0.5, 0.6) is 0 Å². The van der Waals surface area contributed by atoms with Gasteiger partial charge in [0.05, 0.1) is 12.3 Å². The van der Waals surface area contributed by atoms with Crippen molar-refractivity contribution in [3.8, 4) is 0 Å². The molecule has 0 radical (unpaired) electrons. The largest absolute Gasteiger partial charge is 0.466 e. The van der Waals surface area contributed by atoms with Crippen molar-refractivity contribution in [1.29, 1.82) is 0 Å². The van der Waals surface area contributed by atoms with Gasteiger partial charge in [0.1, 0.15) is 5.92 Å². The summed E-state index contributed by atoms with van der Waals surface area (Å²) in [5.41, 5.74) is 6.46. The lowest BCUT2D eigenvalue weighted by molar-refractivity contribution is -0.147. The minimum absolute atomic E-state index is 0.180. The van der Waals surface area contributed by atoms with Crippen LogP contribution in [0.3, 0.4) is 0 Å². The molecule has 1 aliphatic rings. The predicted octanol–water partition coefficient (Wildman–Crippen LogP) is 1.00. The zero-order chi connectivity index (χ0) is 16.3. The summed E-state index contributed by atoms with van der Waals surface area (Å²) in [6.45, 7) is 3.87. The molecule has 22 heavy (non-hydrogen) atoms. The number of anilines is 1. The Labute approximate surface area is 134 Å². The second-order valence-electron chi connectivity index (χ2n) is 4.92. The van der Waals surface area contributed by atoms with E-state index in [0.717, 1.165) is 5.56 Å². The van der Waals surface area contributed by atoms with Gasteiger partial charge in [0.15, 0.2) is 5.37 Å². The number of halogens is 1. The number of sulfonamides is 1. The van der Waals surface area contributed by atoms with Crippen molar-refractivity contribution >= 4 is 33.3 Å². The molecule has 2 rings (SSSR count). The highest BCUT2D eigenvalue weighted by atomic mass is 35.5. The van der Waals surface area contributed by atoms with Gasteiger partial charge in [-0.3, -0.25) is 14.9 Å². The van der Waals surface area contributed by atoms with E-state index in [4.69, 9.17) is 16.3 Å². The molecule has 0 amide bonds. The maximum Gasteiger partial charge on any atom is 0.313 e. The minimum atomic E-state index is -3.84. The number of benzene rings is 1. The normalized spacial score (nSPS) is 21.6. The summed E-state index contributed by atoms with van der Waals surface area (Å²) in [5, 5.41) is -0.661. The molecule has 9 heteroatoms. The summed E-state index contributed by atoms with van der Waals surface area (Å²) >= 11 is 5.99. The summed E-state index contributed by atoms with van der Waals surface area (Å²) in [5.74, 6) is -1.38. The van der Waals surface area contributed by atoms with E-state index in [1.165, 1.54) is 6.07 Å². The third-order valence-electron chi connectivity index (χ3n) is 3.29. The van der Waals surface area contributed by atoms with Crippen LogP contribution < -0.4 is 15.6 Å². The van der Waals surface area contributed by atoms with E-state index in [2.05, 4.69) is 15.6 Å². The fraction of sp³-hybridized carbons (Fsp3) is 0.462. The fourth-order valence-electron chi connectivity index (χ4n) is 2.11. The number of ether oxygens (including phenoxy) is 1. The van der Waals surface area contributed by atoms with Gasteiger partial charge >= 0.3 is 5.97 Å². The van der Waals surface area contributed by atoms with Crippen LogP contribution in [0.2, 0.25) is 5.02 Å². The van der Waals surface area contributed by atoms with Gasteiger partial charge in [0, 0.05) is 11.6 Å². The number of hydrogen-bond acceptors (Lipinski definition) is 6. The van der Waals surface area contributed by atoms with Crippen LogP contribution in [0, 0.1) is 12.8 Å². The summed E-state index contributed by atoms with van der Waals surface area (Å²) in [6.07, 6.45) is 0. The van der Waals surface area contributed by atoms with E-state index >= 15 is 0 Å². The second-order valence-corrected chi connectivity index (χ2v) is 7.12. The Morgan fingerprint density at radius 3 is 2.86 bits per heavy atom. The van der Waals surface area contributed by atoms with E-state index in [1.54, 1.807) is 19.1 Å². The molecule has 2 unspecified atom stereocenters. The van der Waals surface area contributed by atoms with Gasteiger partial charge in [-0.2, -0.15) is 0 Å². The number of nitrogens with one attached hydrogen (secondary N) is 3. The van der Waals surface area contributed by atoms with Gasteiger partial charge in [0.25, 0.3) is 10.0 Å². The molecule has 0 aliphatic carbocycles. The summed E-state index contributed by atoms with van der Waals surface area (Å²) in [4.78, 5) is 11.8. The van der Waals surface area contributed by atoms with Crippen molar-refractivity contribution in [3.05, 3.63) is 28.8 Å². The summed E-state index contributed by atoms with van der Waals surface area (Å²) in [6, 6.07) is 4.85. The Kier molecular flexibility index (Phi) is 5.28. The molecule has 1 aliphatic heterocycles. The number of rotatable bonds is 5. The smallest absolute Gasteiger partial charge is 0.313 e. The average Bonchev–Trinajstić information content (AvgIpc) is 2.93. The zero-order valence-corrected chi connectivity index (χ0v) is 13.8. The number of carbonyl (C=O) groups excluding carboxylic acids is 1. The topological polar surface area (TPSA) is 96.5 Å².